The molecule has 128 valence electrons. The molecule has 24 heavy (non-hydrogen) atoms. The van der Waals surface area contributed by atoms with Gasteiger partial charge in [-0.25, -0.2) is 0 Å². The number of unbranched alkanes of at least 4 members (excludes halogenated alkanes) is 5. The largest absolute Gasteiger partial charge is 0.427 e. The van der Waals surface area contributed by atoms with Gasteiger partial charge in [0.15, 0.2) is 7.14 Å². The van der Waals surface area contributed by atoms with Gasteiger partial charge in [0.05, 0.1) is 0 Å². The topological polar surface area (TPSA) is 26.3 Å². The van der Waals surface area contributed by atoms with E-state index in [4.69, 9.17) is 4.74 Å². The molecule has 0 heterocycles. The van der Waals surface area contributed by atoms with Crippen LogP contribution in [0.4, 0.5) is 0 Å². The Hall–Kier alpha value is -1.36. The summed E-state index contributed by atoms with van der Waals surface area (Å²) in [5, 5.41) is 0. The number of ether oxygens (including phenoxy) is 1. The number of esters is 1. The summed E-state index contributed by atoms with van der Waals surface area (Å²) in [6.07, 6.45) is 7.62. The molecule has 0 aromatic heterocycles. The average Bonchev–Trinajstić information content (AvgIpc) is 2.61. The minimum absolute atomic E-state index is 0.115. The van der Waals surface area contributed by atoms with E-state index in [-0.39, 0.29) is 27.2 Å². The summed E-state index contributed by atoms with van der Waals surface area (Å²) in [5.41, 5.74) is 0. The van der Waals surface area contributed by atoms with E-state index in [0.29, 0.717) is 12.2 Å². The maximum Gasteiger partial charge on any atom is 0.357 e. The predicted octanol–water partition coefficient (Wildman–Crippen LogP) is 2.47. The number of carbonyl (C=O) groups is 1. The minimum atomic E-state index is -0.163. The predicted molar refractivity (Wildman–Crippen MR) is 93.9 cm³/mol. The van der Waals surface area contributed by atoms with Gasteiger partial charge >= 0.3 is 27.2 Å². The maximum atomic E-state index is 11.9. The van der Waals surface area contributed by atoms with E-state index in [1.54, 1.807) is 0 Å². The zero-order valence-electron chi connectivity index (χ0n) is 14.3. The van der Waals surface area contributed by atoms with Crippen molar-refractivity contribution in [1.82, 2.24) is 0 Å². The number of halogens is 1. The molecular weight excluding hydrogens is 411 g/mol. The van der Waals surface area contributed by atoms with Crippen LogP contribution in [-0.2, 0) is 4.79 Å². The lowest BCUT2D eigenvalue weighted by Gasteiger charge is -2.04. The first-order valence-electron chi connectivity index (χ1n) is 8.78. The van der Waals surface area contributed by atoms with E-state index in [0.717, 1.165) is 12.8 Å². The Labute approximate surface area is 155 Å². The number of hydrogen-bond donors (Lipinski definition) is 0. The highest BCUT2D eigenvalue weighted by atomic mass is 127. The van der Waals surface area contributed by atoms with Crippen LogP contribution in [0.2, 0.25) is 0 Å². The van der Waals surface area contributed by atoms with Crippen LogP contribution in [0.15, 0.2) is 54.6 Å². The quantitative estimate of drug-likeness (QED) is 0.247. The highest BCUT2D eigenvalue weighted by Gasteiger charge is 2.15. The zero-order chi connectivity index (χ0) is 17.0. The van der Waals surface area contributed by atoms with E-state index in [1.165, 1.54) is 32.8 Å². The Bertz CT molecular complexity index is 593. The average molecular weight is 437 g/mol. The smallest absolute Gasteiger partial charge is 0.357 e. The van der Waals surface area contributed by atoms with Gasteiger partial charge < -0.3 is 4.74 Å². The lowest BCUT2D eigenvalue weighted by molar-refractivity contribution is -0.597. The fourth-order valence-corrected chi connectivity index (χ4v) is 4.61. The van der Waals surface area contributed by atoms with Gasteiger partial charge in [-0.2, -0.15) is 0 Å². The second-order valence-electron chi connectivity index (χ2n) is 5.84. The van der Waals surface area contributed by atoms with Crippen molar-refractivity contribution in [3.63, 3.8) is 0 Å². The fourth-order valence-electron chi connectivity index (χ4n) is 2.40. The lowest BCUT2D eigenvalue weighted by Crippen LogP contribution is -3.61. The van der Waals surface area contributed by atoms with E-state index in [2.05, 4.69) is 43.3 Å². The summed E-state index contributed by atoms with van der Waals surface area (Å²) in [6, 6.07) is 18.5. The summed E-state index contributed by atoms with van der Waals surface area (Å²) >= 11 is -0.163. The molecule has 3 heteroatoms. The summed E-state index contributed by atoms with van der Waals surface area (Å²) < 4.78 is 8.14. The first-order chi connectivity index (χ1) is 11.8. The highest BCUT2D eigenvalue weighted by Crippen LogP contribution is 2.12. The second-order valence-corrected chi connectivity index (χ2v) is 8.87. The summed E-state index contributed by atoms with van der Waals surface area (Å²) in [7, 11) is 0. The third-order valence-corrected chi connectivity index (χ3v) is 6.42. The van der Waals surface area contributed by atoms with Gasteiger partial charge in [0.2, 0.25) is 0 Å². The molecule has 0 saturated heterocycles. The Morgan fingerprint density at radius 2 is 1.46 bits per heavy atom. The molecule has 0 aliphatic rings. The first-order valence-corrected chi connectivity index (χ1v) is 10.9. The third kappa shape index (κ3) is 7.47. The Balaban J connectivity index is 1.70. The van der Waals surface area contributed by atoms with Crippen LogP contribution in [-0.4, -0.2) is 5.97 Å². The van der Waals surface area contributed by atoms with Crippen LogP contribution in [0.5, 0.6) is 5.75 Å². The lowest BCUT2D eigenvalue weighted by atomic mass is 10.1. The van der Waals surface area contributed by atoms with E-state index in [1.807, 2.05) is 18.2 Å². The Morgan fingerprint density at radius 3 is 2.17 bits per heavy atom. The second kappa shape index (κ2) is 11.2. The third-order valence-electron chi connectivity index (χ3n) is 3.73. The molecule has 0 atom stereocenters. The van der Waals surface area contributed by atoms with Crippen LogP contribution < -0.4 is 25.9 Å². The molecule has 0 radical (unpaired) electrons. The van der Waals surface area contributed by atoms with Crippen LogP contribution in [0.3, 0.4) is 0 Å². The van der Waals surface area contributed by atoms with Crippen molar-refractivity contribution in [3.05, 3.63) is 61.7 Å². The van der Waals surface area contributed by atoms with E-state index < -0.39 is 0 Å². The molecule has 0 bridgehead atoms. The van der Waals surface area contributed by atoms with Gasteiger partial charge in [-0.15, -0.1) is 0 Å². The molecule has 2 aromatic carbocycles. The van der Waals surface area contributed by atoms with Crippen LogP contribution in [0, 0.1) is 7.14 Å². The van der Waals surface area contributed by atoms with Crippen molar-refractivity contribution < 1.29 is 30.7 Å². The van der Waals surface area contributed by atoms with Crippen molar-refractivity contribution in [2.24, 2.45) is 0 Å². The Morgan fingerprint density at radius 1 is 0.833 bits per heavy atom. The molecule has 0 aliphatic carbocycles. The zero-order valence-corrected chi connectivity index (χ0v) is 16.5. The number of rotatable bonds is 10. The number of benzene rings is 2. The van der Waals surface area contributed by atoms with Gasteiger partial charge in [-0.05, 0) is 42.8 Å². The minimum Gasteiger partial charge on any atom is -0.427 e. The first kappa shape index (κ1) is 19.0. The molecule has 0 amide bonds. The Kier molecular flexibility index (Phi) is 8.88. The molecule has 0 fully saturated rings. The normalized spacial score (nSPS) is 10.5. The molecule has 2 aromatic rings. The van der Waals surface area contributed by atoms with Crippen LogP contribution in [0.1, 0.15) is 51.9 Å². The molecule has 0 saturated carbocycles. The molecule has 2 rings (SSSR count). The summed E-state index contributed by atoms with van der Waals surface area (Å²) in [6.45, 7) is 2.21. The summed E-state index contributed by atoms with van der Waals surface area (Å²) in [5.74, 6) is 0.544. The SMILES string of the molecule is CCCCCCCCC(=O)Oc1ccc([I+]c2ccccc2)cc1. The molecule has 0 spiro atoms. The molecular formula is C21H26IO2+. The van der Waals surface area contributed by atoms with Crippen molar-refractivity contribution >= 4 is 5.97 Å². The number of hydrogen-bond acceptors (Lipinski definition) is 2. The van der Waals surface area contributed by atoms with Crippen molar-refractivity contribution in [1.29, 1.82) is 0 Å². The van der Waals surface area contributed by atoms with Crippen molar-refractivity contribution in [3.8, 4) is 5.75 Å². The van der Waals surface area contributed by atoms with Crippen molar-refractivity contribution in [2.45, 2.75) is 51.9 Å². The molecule has 0 unspecified atom stereocenters. The van der Waals surface area contributed by atoms with Gasteiger partial charge in [-0.1, -0.05) is 57.2 Å². The standard InChI is InChI=1S/C21H26IO2/c1-2-3-4-5-6-10-13-21(23)24-20-16-14-19(15-17-20)22-18-11-8-7-9-12-18/h7-9,11-12,14-17H,2-6,10,13H2,1H3/q+1. The van der Waals surface area contributed by atoms with Gasteiger partial charge in [0, 0.05) is 6.42 Å². The number of carbonyl (C=O) groups excluding carboxylic acids is 1. The van der Waals surface area contributed by atoms with E-state index >= 15 is 0 Å². The highest BCUT2D eigenvalue weighted by molar-refractivity contribution is 5.72. The molecule has 2 nitrogen and oxygen atoms in total. The maximum absolute atomic E-state index is 11.9. The van der Waals surface area contributed by atoms with Gasteiger partial charge in [0.1, 0.15) is 5.75 Å². The molecule has 0 N–H and O–H groups in total. The van der Waals surface area contributed by atoms with E-state index in [9.17, 15) is 4.79 Å². The van der Waals surface area contributed by atoms with Gasteiger partial charge in [0.25, 0.3) is 0 Å². The van der Waals surface area contributed by atoms with Crippen LogP contribution >= 0.6 is 0 Å². The monoisotopic (exact) mass is 437 g/mol. The van der Waals surface area contributed by atoms with Crippen LogP contribution in [0.25, 0.3) is 0 Å². The van der Waals surface area contributed by atoms with Gasteiger partial charge in [-0.3, -0.25) is 4.79 Å². The molecule has 0 aliphatic heterocycles. The van der Waals surface area contributed by atoms with Crippen molar-refractivity contribution in [2.75, 3.05) is 0 Å². The fraction of sp³-hybridized carbons (Fsp3) is 0.381. The summed E-state index contributed by atoms with van der Waals surface area (Å²) in [4.78, 5) is 11.9.